The zero-order chi connectivity index (χ0) is 17.6. The number of piperidine rings is 2. The highest BCUT2D eigenvalue weighted by molar-refractivity contribution is 5.81. The first-order valence-electron chi connectivity index (χ1n) is 9.69. The summed E-state index contributed by atoms with van der Waals surface area (Å²) in [5, 5.41) is 0. The molecule has 2 fully saturated rings. The molecule has 1 aromatic rings. The number of likely N-dealkylation sites (tertiary alicyclic amines) is 2. The molecule has 2 saturated heterocycles. The van der Waals surface area contributed by atoms with Crippen LogP contribution in [0.3, 0.4) is 0 Å². The van der Waals surface area contributed by atoms with Gasteiger partial charge in [-0.3, -0.25) is 9.78 Å². The number of ether oxygens (including phenoxy) is 1. The lowest BCUT2D eigenvalue weighted by Gasteiger charge is -2.38. The normalized spacial score (nSPS) is 24.1. The topological polar surface area (TPSA) is 45.7 Å². The van der Waals surface area contributed by atoms with Crippen molar-refractivity contribution in [2.24, 2.45) is 11.8 Å². The maximum atomic E-state index is 12.8. The first kappa shape index (κ1) is 18.2. The van der Waals surface area contributed by atoms with E-state index < -0.39 is 6.10 Å². The Kier molecular flexibility index (Phi) is 6.29. The quantitative estimate of drug-likeness (QED) is 0.823. The van der Waals surface area contributed by atoms with Gasteiger partial charge >= 0.3 is 0 Å². The maximum absolute atomic E-state index is 12.8. The second-order valence-corrected chi connectivity index (χ2v) is 7.72. The summed E-state index contributed by atoms with van der Waals surface area (Å²) >= 11 is 0. The third kappa shape index (κ3) is 5.18. The minimum atomic E-state index is -0.459. The number of carbonyl (C=O) groups is 1. The van der Waals surface area contributed by atoms with Crippen molar-refractivity contribution in [3.8, 4) is 5.75 Å². The first-order valence-corrected chi connectivity index (χ1v) is 9.69. The van der Waals surface area contributed by atoms with Crippen LogP contribution in [0.15, 0.2) is 24.5 Å². The molecule has 1 aromatic heterocycles. The number of carbonyl (C=O) groups excluding carboxylic acids is 1. The number of amides is 1. The summed E-state index contributed by atoms with van der Waals surface area (Å²) < 4.78 is 5.76. The number of hydrogen-bond acceptors (Lipinski definition) is 4. The minimum Gasteiger partial charge on any atom is -0.479 e. The van der Waals surface area contributed by atoms with Crippen LogP contribution in [0.5, 0.6) is 5.75 Å². The predicted octanol–water partition coefficient (Wildman–Crippen LogP) is 2.82. The standard InChI is InChI=1S/C20H31N3O2/c1-16-7-11-22(12-8-16)14-18-5-4-10-23(15-18)20(24)17(2)25-19-6-3-9-21-13-19/h3,6,9,13,16-18H,4-5,7-8,10-12,14-15H2,1-2H3/t17-,18-/m0/s1. The highest BCUT2D eigenvalue weighted by Crippen LogP contribution is 2.22. The summed E-state index contributed by atoms with van der Waals surface area (Å²) in [6.45, 7) is 9.47. The van der Waals surface area contributed by atoms with Crippen molar-refractivity contribution in [2.75, 3.05) is 32.7 Å². The van der Waals surface area contributed by atoms with E-state index in [0.717, 1.165) is 32.0 Å². The average Bonchev–Trinajstić information content (AvgIpc) is 2.64. The van der Waals surface area contributed by atoms with E-state index in [9.17, 15) is 4.79 Å². The smallest absolute Gasteiger partial charge is 0.263 e. The molecule has 3 heterocycles. The highest BCUT2D eigenvalue weighted by Gasteiger charge is 2.29. The van der Waals surface area contributed by atoms with E-state index in [2.05, 4.69) is 16.8 Å². The molecule has 3 rings (SSSR count). The summed E-state index contributed by atoms with van der Waals surface area (Å²) in [6.07, 6.45) is 7.85. The summed E-state index contributed by atoms with van der Waals surface area (Å²) in [5.74, 6) is 2.21. The fourth-order valence-electron chi connectivity index (χ4n) is 3.95. The molecule has 138 valence electrons. The Balaban J connectivity index is 1.49. The van der Waals surface area contributed by atoms with Crippen LogP contribution in [0, 0.1) is 11.8 Å². The molecule has 25 heavy (non-hydrogen) atoms. The monoisotopic (exact) mass is 345 g/mol. The van der Waals surface area contributed by atoms with Gasteiger partial charge in [0, 0.05) is 25.8 Å². The molecule has 0 radical (unpaired) electrons. The number of hydrogen-bond donors (Lipinski definition) is 0. The van der Waals surface area contributed by atoms with E-state index in [0.29, 0.717) is 11.7 Å². The van der Waals surface area contributed by atoms with Gasteiger partial charge in [0.1, 0.15) is 5.75 Å². The van der Waals surface area contributed by atoms with Crippen LogP contribution < -0.4 is 4.74 Å². The van der Waals surface area contributed by atoms with Crippen molar-refractivity contribution in [2.45, 2.75) is 45.6 Å². The van der Waals surface area contributed by atoms with Gasteiger partial charge in [0.25, 0.3) is 5.91 Å². The van der Waals surface area contributed by atoms with E-state index in [1.54, 1.807) is 12.4 Å². The Labute approximate surface area is 151 Å². The van der Waals surface area contributed by atoms with Gasteiger partial charge in [-0.05, 0) is 69.7 Å². The van der Waals surface area contributed by atoms with Crippen molar-refractivity contribution in [3.05, 3.63) is 24.5 Å². The molecule has 0 saturated carbocycles. The van der Waals surface area contributed by atoms with Crippen LogP contribution in [0.4, 0.5) is 0 Å². The van der Waals surface area contributed by atoms with Gasteiger partial charge in [-0.2, -0.15) is 0 Å². The van der Waals surface area contributed by atoms with E-state index >= 15 is 0 Å². The molecule has 2 atom stereocenters. The molecule has 0 spiro atoms. The molecule has 0 bridgehead atoms. The van der Waals surface area contributed by atoms with Crippen molar-refractivity contribution >= 4 is 5.91 Å². The van der Waals surface area contributed by atoms with Gasteiger partial charge in [-0.15, -0.1) is 0 Å². The highest BCUT2D eigenvalue weighted by atomic mass is 16.5. The molecular weight excluding hydrogens is 314 g/mol. The third-order valence-electron chi connectivity index (χ3n) is 5.52. The minimum absolute atomic E-state index is 0.0980. The van der Waals surface area contributed by atoms with Crippen LogP contribution in [-0.4, -0.2) is 59.5 Å². The van der Waals surface area contributed by atoms with Gasteiger partial charge in [-0.1, -0.05) is 6.92 Å². The van der Waals surface area contributed by atoms with Crippen molar-refractivity contribution in [3.63, 3.8) is 0 Å². The number of rotatable bonds is 5. The van der Waals surface area contributed by atoms with Crippen LogP contribution in [0.2, 0.25) is 0 Å². The van der Waals surface area contributed by atoms with E-state index in [1.165, 1.54) is 32.4 Å². The third-order valence-corrected chi connectivity index (χ3v) is 5.52. The van der Waals surface area contributed by atoms with Crippen molar-refractivity contribution in [1.82, 2.24) is 14.8 Å². The van der Waals surface area contributed by atoms with Crippen molar-refractivity contribution in [1.29, 1.82) is 0 Å². The van der Waals surface area contributed by atoms with E-state index in [-0.39, 0.29) is 5.91 Å². The van der Waals surface area contributed by atoms with Gasteiger partial charge < -0.3 is 14.5 Å². The molecule has 0 aromatic carbocycles. The Morgan fingerprint density at radius 2 is 2.12 bits per heavy atom. The fraction of sp³-hybridized carbons (Fsp3) is 0.700. The second-order valence-electron chi connectivity index (χ2n) is 7.72. The molecule has 2 aliphatic rings. The zero-order valence-electron chi connectivity index (χ0n) is 15.6. The molecular formula is C20H31N3O2. The lowest BCUT2D eigenvalue weighted by atomic mass is 9.94. The molecule has 0 aliphatic carbocycles. The second kappa shape index (κ2) is 8.65. The van der Waals surface area contributed by atoms with Crippen molar-refractivity contribution < 1.29 is 9.53 Å². The number of aromatic nitrogens is 1. The lowest BCUT2D eigenvalue weighted by molar-refractivity contribution is -0.140. The SMILES string of the molecule is CC1CCN(C[C@@H]2CCCN(C(=O)[C@H](C)Oc3cccnc3)C2)CC1. The summed E-state index contributed by atoms with van der Waals surface area (Å²) in [7, 11) is 0. The molecule has 1 amide bonds. The largest absolute Gasteiger partial charge is 0.479 e. The Morgan fingerprint density at radius 1 is 1.32 bits per heavy atom. The predicted molar refractivity (Wildman–Crippen MR) is 98.5 cm³/mol. The molecule has 5 nitrogen and oxygen atoms in total. The average molecular weight is 345 g/mol. The summed E-state index contributed by atoms with van der Waals surface area (Å²) in [4.78, 5) is 21.4. The van der Waals surface area contributed by atoms with Gasteiger partial charge in [0.15, 0.2) is 6.10 Å². The number of nitrogens with zero attached hydrogens (tertiary/aromatic N) is 3. The van der Waals surface area contributed by atoms with Gasteiger partial charge in [0.2, 0.25) is 0 Å². The maximum Gasteiger partial charge on any atom is 0.263 e. The van der Waals surface area contributed by atoms with Crippen LogP contribution in [-0.2, 0) is 4.79 Å². The summed E-state index contributed by atoms with van der Waals surface area (Å²) in [5.41, 5.74) is 0. The molecule has 0 unspecified atom stereocenters. The zero-order valence-corrected chi connectivity index (χ0v) is 15.6. The fourth-order valence-corrected chi connectivity index (χ4v) is 3.95. The molecule has 2 aliphatic heterocycles. The van der Waals surface area contributed by atoms with Gasteiger partial charge in [0.05, 0.1) is 6.20 Å². The molecule has 5 heteroatoms. The Morgan fingerprint density at radius 3 is 2.84 bits per heavy atom. The van der Waals surface area contributed by atoms with E-state index in [1.807, 2.05) is 24.0 Å². The number of pyridine rings is 1. The first-order chi connectivity index (χ1) is 12.1. The summed E-state index contributed by atoms with van der Waals surface area (Å²) in [6, 6.07) is 3.66. The Hall–Kier alpha value is -1.62. The Bertz CT molecular complexity index is 543. The molecule has 0 N–H and O–H groups in total. The van der Waals surface area contributed by atoms with Crippen LogP contribution >= 0.6 is 0 Å². The van der Waals surface area contributed by atoms with Gasteiger partial charge in [-0.25, -0.2) is 0 Å². The van der Waals surface area contributed by atoms with Crippen LogP contribution in [0.25, 0.3) is 0 Å². The van der Waals surface area contributed by atoms with Crippen LogP contribution in [0.1, 0.15) is 39.5 Å². The van der Waals surface area contributed by atoms with E-state index in [4.69, 9.17) is 4.74 Å². The lowest BCUT2D eigenvalue weighted by Crippen LogP contribution is -2.48.